The minimum atomic E-state index is -1.62. The van der Waals surface area contributed by atoms with Crippen molar-refractivity contribution in [2.75, 3.05) is 38.8 Å². The molecular weight excluding hydrogens is 933 g/mol. The molecule has 0 radical (unpaired) electrons. The van der Waals surface area contributed by atoms with Crippen LogP contribution < -0.4 is 43.0 Å². The second kappa shape index (κ2) is 27.6. The van der Waals surface area contributed by atoms with Gasteiger partial charge in [-0.15, -0.1) is 0 Å². The van der Waals surface area contributed by atoms with Gasteiger partial charge < -0.3 is 67.9 Å². The van der Waals surface area contributed by atoms with Crippen LogP contribution in [-0.4, -0.2) is 182 Å². The summed E-state index contributed by atoms with van der Waals surface area (Å²) in [5.41, 5.74) is 6.52. The number of carbonyl (C=O) groups is 10. The number of nitrogens with zero attached hydrogens (tertiary/aromatic N) is 3. The number of carbonyl (C=O) groups excluding carboxylic acids is 10. The summed E-state index contributed by atoms with van der Waals surface area (Å²) in [5.74, 6) is -6.85. The van der Waals surface area contributed by atoms with E-state index >= 15 is 0 Å². The molecule has 384 valence electrons. The SMILES string of the molecule is CNC(=O)[C@H](Cc1cnc[nH]1)NC(=O)[C@@H]1CCCN1C(=O)[C@@H](NC(=O)[C@H](Cc1ccccc1)NC(=O)[C@@H]1CCCN1C(=O)[C@H](CO)NC(=O)[C@H](CCC(N)=O)NC(=O)[C@H](CCSC)NC(C)=O)[C@@H](C)O. The molecule has 2 aliphatic heterocycles. The lowest BCUT2D eigenvalue weighted by Gasteiger charge is -2.32. The van der Waals surface area contributed by atoms with Crippen LogP contribution in [0.15, 0.2) is 42.9 Å². The number of benzene rings is 1. The first-order valence-electron chi connectivity index (χ1n) is 23.1. The maximum atomic E-state index is 14.2. The van der Waals surface area contributed by atoms with Gasteiger partial charge in [-0.3, -0.25) is 47.9 Å². The zero-order valence-electron chi connectivity index (χ0n) is 39.7. The van der Waals surface area contributed by atoms with Crippen molar-refractivity contribution in [3.05, 3.63) is 54.1 Å². The highest BCUT2D eigenvalue weighted by atomic mass is 32.2. The number of imidazole rings is 1. The van der Waals surface area contributed by atoms with Gasteiger partial charge in [-0.2, -0.15) is 11.8 Å². The van der Waals surface area contributed by atoms with E-state index in [9.17, 15) is 58.2 Å². The van der Waals surface area contributed by atoms with Crippen molar-refractivity contribution >= 4 is 70.8 Å². The number of nitrogens with one attached hydrogen (secondary N) is 8. The Kier molecular flexibility index (Phi) is 22.0. The third-order valence-electron chi connectivity index (χ3n) is 11.9. The van der Waals surface area contributed by atoms with Crippen molar-refractivity contribution in [3.8, 4) is 0 Å². The Morgan fingerprint density at radius 2 is 1.31 bits per heavy atom. The first kappa shape index (κ1) is 56.0. The first-order valence-corrected chi connectivity index (χ1v) is 24.5. The highest BCUT2D eigenvalue weighted by molar-refractivity contribution is 7.98. The third-order valence-corrected chi connectivity index (χ3v) is 12.6. The minimum absolute atomic E-state index is 0.0186. The molecule has 2 fully saturated rings. The van der Waals surface area contributed by atoms with Crippen molar-refractivity contribution < 1.29 is 58.2 Å². The fourth-order valence-electron chi connectivity index (χ4n) is 8.26. The Morgan fingerprint density at radius 3 is 1.83 bits per heavy atom. The molecule has 25 heteroatoms. The fraction of sp³-hybridized carbons (Fsp3) is 0.578. The van der Waals surface area contributed by atoms with Crippen molar-refractivity contribution in [2.24, 2.45) is 5.73 Å². The van der Waals surface area contributed by atoms with Crippen LogP contribution in [0.25, 0.3) is 0 Å². The van der Waals surface area contributed by atoms with Gasteiger partial charge in [-0.05, 0) is 63.0 Å². The van der Waals surface area contributed by atoms with E-state index in [0.29, 0.717) is 29.9 Å². The van der Waals surface area contributed by atoms with E-state index in [4.69, 9.17) is 5.73 Å². The van der Waals surface area contributed by atoms with Crippen molar-refractivity contribution in [3.63, 3.8) is 0 Å². The number of hydrogen-bond acceptors (Lipinski definition) is 14. The van der Waals surface area contributed by atoms with Gasteiger partial charge in [-0.1, -0.05) is 30.3 Å². The summed E-state index contributed by atoms with van der Waals surface area (Å²) >= 11 is 1.42. The average Bonchev–Trinajstić information content (AvgIpc) is 4.15. The highest BCUT2D eigenvalue weighted by Crippen LogP contribution is 2.22. The number of likely N-dealkylation sites (tertiary alicyclic amines) is 2. The van der Waals surface area contributed by atoms with Gasteiger partial charge in [0, 0.05) is 58.2 Å². The number of nitrogens with two attached hydrogens (primary N) is 1. The number of aromatic amines is 1. The van der Waals surface area contributed by atoms with Gasteiger partial charge in [-0.25, -0.2) is 4.98 Å². The maximum Gasteiger partial charge on any atom is 0.248 e. The molecule has 0 saturated carbocycles. The molecular formula is C45H66N12O12S. The highest BCUT2D eigenvalue weighted by Gasteiger charge is 2.43. The number of hydrogen-bond donors (Lipinski definition) is 11. The molecule has 24 nitrogen and oxygen atoms in total. The molecule has 1 aromatic carbocycles. The molecule has 1 aromatic heterocycles. The van der Waals surface area contributed by atoms with Gasteiger partial charge >= 0.3 is 0 Å². The predicted molar refractivity (Wildman–Crippen MR) is 253 cm³/mol. The summed E-state index contributed by atoms with van der Waals surface area (Å²) < 4.78 is 0. The number of primary amides is 1. The molecule has 10 amide bonds. The molecule has 70 heavy (non-hydrogen) atoms. The molecule has 3 heterocycles. The first-order chi connectivity index (χ1) is 33.4. The molecule has 0 aliphatic carbocycles. The van der Waals surface area contributed by atoms with Gasteiger partial charge in [0.15, 0.2) is 0 Å². The number of likely N-dealkylation sites (N-methyl/N-ethyl adjacent to an activating group) is 1. The topological polar surface area (TPSA) is 357 Å². The molecule has 2 aliphatic rings. The Bertz CT molecular complexity index is 2150. The van der Waals surface area contributed by atoms with E-state index in [1.165, 1.54) is 50.1 Å². The number of amides is 10. The zero-order chi connectivity index (χ0) is 51.5. The van der Waals surface area contributed by atoms with Crippen molar-refractivity contribution in [1.29, 1.82) is 0 Å². The van der Waals surface area contributed by atoms with Crippen LogP contribution in [-0.2, 0) is 60.8 Å². The molecule has 9 atom stereocenters. The van der Waals surface area contributed by atoms with Crippen LogP contribution >= 0.6 is 11.8 Å². The largest absolute Gasteiger partial charge is 0.394 e. The van der Waals surface area contributed by atoms with Crippen LogP contribution in [0.5, 0.6) is 0 Å². The molecule has 0 spiro atoms. The molecule has 12 N–H and O–H groups in total. The molecule has 2 saturated heterocycles. The fourth-order valence-corrected chi connectivity index (χ4v) is 8.73. The van der Waals surface area contributed by atoms with Crippen molar-refractivity contribution in [1.82, 2.24) is 57.0 Å². The van der Waals surface area contributed by atoms with Gasteiger partial charge in [0.25, 0.3) is 0 Å². The number of aromatic nitrogens is 2. The standard InChI is InChI=1S/C45H66N12O12S/c1-25(59)37(45(69)57-18-9-13-35(57)43(67)53-32(38(62)47-3)21-28-22-48-24-49-28)55-41(65)31(20-27-10-6-5-7-11-27)52-42(66)34-12-8-17-56(34)44(68)33(23-58)54-39(63)29(14-15-36(46)61)51-40(64)30(16-19-70-4)50-26(2)60/h5-7,10-11,22,24-25,29-35,37,58-59H,8-9,12-21,23H2,1-4H3,(H2,46,61)(H,47,62)(H,48,49)(H,50,60)(H,51,64)(H,52,66)(H,53,67)(H,54,63)(H,55,65)/t25-,29+,30+,31+,32+,33+,34+,35+,37+/m1/s1. The monoisotopic (exact) mass is 998 g/mol. The summed E-state index contributed by atoms with van der Waals surface area (Å²) in [4.78, 5) is 143. The quantitative estimate of drug-likeness (QED) is 0.0432. The Hall–Kier alpha value is -6.60. The second-order valence-corrected chi connectivity index (χ2v) is 18.1. The third kappa shape index (κ3) is 16.3. The van der Waals surface area contributed by atoms with Crippen LogP contribution in [0.3, 0.4) is 0 Å². The zero-order valence-corrected chi connectivity index (χ0v) is 40.6. The number of rotatable bonds is 26. The minimum Gasteiger partial charge on any atom is -0.394 e. The lowest BCUT2D eigenvalue weighted by Crippen LogP contribution is -2.62. The lowest BCUT2D eigenvalue weighted by molar-refractivity contribution is -0.145. The lowest BCUT2D eigenvalue weighted by atomic mass is 10.0. The van der Waals surface area contributed by atoms with Crippen LogP contribution in [0, 0.1) is 0 Å². The molecule has 0 bridgehead atoms. The van der Waals surface area contributed by atoms with E-state index in [-0.39, 0.29) is 58.0 Å². The molecule has 2 aromatic rings. The smallest absolute Gasteiger partial charge is 0.248 e. The normalized spacial score (nSPS) is 18.4. The molecule has 4 rings (SSSR count). The van der Waals surface area contributed by atoms with Gasteiger partial charge in [0.2, 0.25) is 59.1 Å². The average molecular weight is 999 g/mol. The van der Waals surface area contributed by atoms with Crippen LogP contribution in [0.2, 0.25) is 0 Å². The second-order valence-electron chi connectivity index (χ2n) is 17.2. The maximum absolute atomic E-state index is 14.2. The summed E-state index contributed by atoms with van der Waals surface area (Å²) in [5, 5.41) is 39.2. The summed E-state index contributed by atoms with van der Waals surface area (Å²) in [6, 6.07) is -1.70. The van der Waals surface area contributed by atoms with E-state index in [0.717, 1.165) is 4.90 Å². The number of aliphatic hydroxyl groups excluding tert-OH is 2. The Balaban J connectivity index is 1.50. The summed E-state index contributed by atoms with van der Waals surface area (Å²) in [6.07, 6.45) is 3.93. The predicted octanol–water partition coefficient (Wildman–Crippen LogP) is -3.76. The summed E-state index contributed by atoms with van der Waals surface area (Å²) in [6.45, 7) is 1.70. The van der Waals surface area contributed by atoms with Crippen molar-refractivity contribution in [2.45, 2.75) is 126 Å². The van der Waals surface area contributed by atoms with Gasteiger partial charge in [0.05, 0.1) is 19.0 Å². The molecule has 0 unspecified atom stereocenters. The Labute approximate surface area is 409 Å². The van der Waals surface area contributed by atoms with Crippen LogP contribution in [0.4, 0.5) is 0 Å². The summed E-state index contributed by atoms with van der Waals surface area (Å²) in [7, 11) is 1.42. The van der Waals surface area contributed by atoms with E-state index < -0.39 is 120 Å². The van der Waals surface area contributed by atoms with E-state index in [1.54, 1.807) is 36.6 Å². The van der Waals surface area contributed by atoms with Gasteiger partial charge in [0.1, 0.15) is 48.3 Å². The Morgan fingerprint density at radius 1 is 0.757 bits per heavy atom. The number of H-pyrrole nitrogens is 1. The number of thioether (sulfide) groups is 1. The number of aliphatic hydroxyl groups is 2. The van der Waals surface area contributed by atoms with E-state index in [1.807, 2.05) is 0 Å². The van der Waals surface area contributed by atoms with E-state index in [2.05, 4.69) is 47.2 Å². The van der Waals surface area contributed by atoms with Crippen LogP contribution in [0.1, 0.15) is 70.1 Å².